The maximum absolute atomic E-state index is 13.8. The summed E-state index contributed by atoms with van der Waals surface area (Å²) in [4.78, 5) is 2.22. The number of nitrogens with one attached hydrogen (secondary N) is 1. The van der Waals surface area contributed by atoms with Crippen LogP contribution < -0.4 is 5.32 Å². The fraction of sp³-hybridized carbons (Fsp3) is 0.600. The molecule has 1 aliphatic heterocycles. The van der Waals surface area contributed by atoms with E-state index in [2.05, 4.69) is 10.2 Å². The Labute approximate surface area is 118 Å². The molecular weight excluding hydrogens is 262 g/mol. The van der Waals surface area contributed by atoms with Gasteiger partial charge in [0, 0.05) is 24.2 Å². The predicted octanol–water partition coefficient (Wildman–Crippen LogP) is 2.07. The van der Waals surface area contributed by atoms with E-state index in [0.717, 1.165) is 32.0 Å². The molecule has 0 saturated carbocycles. The molecule has 20 heavy (non-hydrogen) atoms. The van der Waals surface area contributed by atoms with Gasteiger partial charge in [0.05, 0.1) is 6.61 Å². The lowest BCUT2D eigenvalue weighted by Crippen LogP contribution is -2.35. The molecule has 0 spiro atoms. The monoisotopic (exact) mass is 284 g/mol. The molecule has 112 valence electrons. The molecule has 1 fully saturated rings. The first kappa shape index (κ1) is 15.4. The molecule has 1 heterocycles. The topological polar surface area (TPSA) is 35.5 Å². The van der Waals surface area contributed by atoms with Crippen LogP contribution in [0.3, 0.4) is 0 Å². The number of hydrogen-bond donors (Lipinski definition) is 2. The number of rotatable bonds is 6. The fourth-order valence-corrected chi connectivity index (χ4v) is 2.94. The average molecular weight is 284 g/mol. The maximum atomic E-state index is 13.8. The standard InChI is InChI=1S/C15H22F2N2O/c1-18-14(12-5-2-6-13(16)15(12)17)7-9-19-8-3-4-11(19)10-20/h2,5-6,11,14,18,20H,3-4,7-10H2,1H3. The number of likely N-dealkylation sites (tertiary alicyclic amines) is 1. The van der Waals surface area contributed by atoms with E-state index in [1.807, 2.05) is 0 Å². The third-order valence-electron chi connectivity index (χ3n) is 4.12. The second-order valence-electron chi connectivity index (χ2n) is 5.29. The Balaban J connectivity index is 2.00. The van der Waals surface area contributed by atoms with Gasteiger partial charge in [0.1, 0.15) is 0 Å². The van der Waals surface area contributed by atoms with E-state index in [0.29, 0.717) is 12.0 Å². The van der Waals surface area contributed by atoms with Crippen molar-refractivity contribution in [1.29, 1.82) is 0 Å². The Morgan fingerprint density at radius 1 is 1.45 bits per heavy atom. The average Bonchev–Trinajstić information content (AvgIpc) is 2.91. The van der Waals surface area contributed by atoms with Gasteiger partial charge < -0.3 is 10.4 Å². The van der Waals surface area contributed by atoms with Gasteiger partial charge in [-0.05, 0) is 38.9 Å². The lowest BCUT2D eigenvalue weighted by atomic mass is 10.0. The Kier molecular flexibility index (Phi) is 5.46. The van der Waals surface area contributed by atoms with Gasteiger partial charge in [0.2, 0.25) is 0 Å². The van der Waals surface area contributed by atoms with Crippen LogP contribution in [-0.4, -0.2) is 42.8 Å². The van der Waals surface area contributed by atoms with Gasteiger partial charge in [0.15, 0.2) is 11.6 Å². The van der Waals surface area contributed by atoms with Crippen molar-refractivity contribution in [2.75, 3.05) is 26.7 Å². The highest BCUT2D eigenvalue weighted by Crippen LogP contribution is 2.24. The van der Waals surface area contributed by atoms with Crippen LogP contribution in [0.5, 0.6) is 0 Å². The van der Waals surface area contributed by atoms with Gasteiger partial charge in [-0.1, -0.05) is 12.1 Å². The lowest BCUT2D eigenvalue weighted by Gasteiger charge is -2.25. The van der Waals surface area contributed by atoms with E-state index >= 15 is 0 Å². The number of nitrogens with zero attached hydrogens (tertiary/aromatic N) is 1. The molecule has 0 radical (unpaired) electrons. The minimum absolute atomic E-state index is 0.165. The summed E-state index contributed by atoms with van der Waals surface area (Å²) in [5.74, 6) is -1.58. The van der Waals surface area contributed by atoms with E-state index in [9.17, 15) is 13.9 Å². The molecular formula is C15H22F2N2O. The van der Waals surface area contributed by atoms with Crippen molar-refractivity contribution in [3.05, 3.63) is 35.4 Å². The highest BCUT2D eigenvalue weighted by atomic mass is 19.2. The maximum Gasteiger partial charge on any atom is 0.163 e. The molecule has 1 aromatic carbocycles. The zero-order chi connectivity index (χ0) is 14.5. The highest BCUT2D eigenvalue weighted by molar-refractivity contribution is 5.22. The summed E-state index contributed by atoms with van der Waals surface area (Å²) in [5.41, 5.74) is 0.368. The first-order chi connectivity index (χ1) is 9.67. The van der Waals surface area contributed by atoms with Crippen LogP contribution in [0.25, 0.3) is 0 Å². The molecule has 2 rings (SSSR count). The summed E-state index contributed by atoms with van der Waals surface area (Å²) >= 11 is 0. The van der Waals surface area contributed by atoms with Crippen LogP contribution in [0.2, 0.25) is 0 Å². The minimum atomic E-state index is -0.808. The third-order valence-corrected chi connectivity index (χ3v) is 4.12. The van der Waals surface area contributed by atoms with Gasteiger partial charge in [-0.25, -0.2) is 8.78 Å². The molecule has 0 aromatic heterocycles. The Hall–Kier alpha value is -1.04. The van der Waals surface area contributed by atoms with Gasteiger partial charge in [-0.3, -0.25) is 4.90 Å². The normalized spacial score (nSPS) is 21.3. The van der Waals surface area contributed by atoms with Gasteiger partial charge in [0.25, 0.3) is 0 Å². The summed E-state index contributed by atoms with van der Waals surface area (Å²) in [6, 6.07) is 4.28. The molecule has 0 amide bonds. The molecule has 0 aliphatic carbocycles. The lowest BCUT2D eigenvalue weighted by molar-refractivity contribution is 0.154. The van der Waals surface area contributed by atoms with Gasteiger partial charge in [-0.2, -0.15) is 0 Å². The summed E-state index contributed by atoms with van der Waals surface area (Å²) in [5, 5.41) is 12.3. The molecule has 2 unspecified atom stereocenters. The van der Waals surface area contributed by atoms with Crippen molar-refractivity contribution < 1.29 is 13.9 Å². The smallest absolute Gasteiger partial charge is 0.163 e. The first-order valence-corrected chi connectivity index (χ1v) is 7.13. The van der Waals surface area contributed by atoms with Crippen LogP contribution in [-0.2, 0) is 0 Å². The van der Waals surface area contributed by atoms with Gasteiger partial charge >= 0.3 is 0 Å². The molecule has 5 heteroatoms. The molecule has 0 bridgehead atoms. The van der Waals surface area contributed by atoms with Crippen molar-refractivity contribution in [3.8, 4) is 0 Å². The molecule has 1 aliphatic rings. The number of aliphatic hydroxyl groups is 1. The highest BCUT2D eigenvalue weighted by Gasteiger charge is 2.25. The summed E-state index contributed by atoms with van der Waals surface area (Å²) in [6.07, 6.45) is 2.78. The number of halogens is 2. The fourth-order valence-electron chi connectivity index (χ4n) is 2.94. The zero-order valence-electron chi connectivity index (χ0n) is 11.8. The number of benzene rings is 1. The third kappa shape index (κ3) is 3.34. The minimum Gasteiger partial charge on any atom is -0.395 e. The first-order valence-electron chi connectivity index (χ1n) is 7.13. The van der Waals surface area contributed by atoms with Crippen molar-refractivity contribution in [2.24, 2.45) is 0 Å². The second-order valence-corrected chi connectivity index (χ2v) is 5.29. The molecule has 2 atom stereocenters. The SMILES string of the molecule is CNC(CCN1CCCC1CO)c1cccc(F)c1F. The van der Waals surface area contributed by atoms with Crippen LogP contribution >= 0.6 is 0 Å². The van der Waals surface area contributed by atoms with E-state index in [1.165, 1.54) is 6.07 Å². The molecule has 2 N–H and O–H groups in total. The van der Waals surface area contributed by atoms with E-state index in [1.54, 1.807) is 13.1 Å². The van der Waals surface area contributed by atoms with Crippen molar-refractivity contribution >= 4 is 0 Å². The van der Waals surface area contributed by atoms with Crippen LogP contribution in [0.1, 0.15) is 30.9 Å². The zero-order valence-corrected chi connectivity index (χ0v) is 11.8. The predicted molar refractivity (Wildman–Crippen MR) is 74.5 cm³/mol. The largest absolute Gasteiger partial charge is 0.395 e. The van der Waals surface area contributed by atoms with Crippen LogP contribution in [0, 0.1) is 11.6 Å². The summed E-state index contributed by atoms with van der Waals surface area (Å²) in [7, 11) is 1.75. The second kappa shape index (κ2) is 7.11. The van der Waals surface area contributed by atoms with Crippen LogP contribution in [0.4, 0.5) is 8.78 Å². The van der Waals surface area contributed by atoms with Crippen molar-refractivity contribution in [3.63, 3.8) is 0 Å². The van der Waals surface area contributed by atoms with E-state index < -0.39 is 11.6 Å². The number of hydrogen-bond acceptors (Lipinski definition) is 3. The van der Waals surface area contributed by atoms with E-state index in [-0.39, 0.29) is 18.7 Å². The van der Waals surface area contributed by atoms with Crippen molar-refractivity contribution in [2.45, 2.75) is 31.3 Å². The van der Waals surface area contributed by atoms with Crippen molar-refractivity contribution in [1.82, 2.24) is 10.2 Å². The Morgan fingerprint density at radius 2 is 2.25 bits per heavy atom. The molecule has 3 nitrogen and oxygen atoms in total. The Morgan fingerprint density at radius 3 is 2.95 bits per heavy atom. The molecule has 1 saturated heterocycles. The summed E-state index contributed by atoms with van der Waals surface area (Å²) < 4.78 is 27.1. The summed E-state index contributed by atoms with van der Waals surface area (Å²) in [6.45, 7) is 1.90. The quantitative estimate of drug-likeness (QED) is 0.839. The van der Waals surface area contributed by atoms with Gasteiger partial charge in [-0.15, -0.1) is 0 Å². The number of aliphatic hydroxyl groups excluding tert-OH is 1. The van der Waals surface area contributed by atoms with E-state index in [4.69, 9.17) is 0 Å². The molecule has 1 aromatic rings. The van der Waals surface area contributed by atoms with Crippen LogP contribution in [0.15, 0.2) is 18.2 Å². The Bertz CT molecular complexity index is 442.